The van der Waals surface area contributed by atoms with Gasteiger partial charge in [-0.15, -0.1) is 0 Å². The van der Waals surface area contributed by atoms with E-state index in [0.29, 0.717) is 17.8 Å². The average molecular weight is 293 g/mol. The Morgan fingerprint density at radius 1 is 1.33 bits per heavy atom. The Morgan fingerprint density at radius 2 is 2.14 bits per heavy atom. The SMILES string of the molecule is C[C@H](O)c1ccc(N2CCC3(O)CCCCC3C2)c(F)c1. The number of rotatable bonds is 2. The molecule has 3 atom stereocenters. The number of aliphatic hydroxyl groups excluding tert-OH is 1. The van der Waals surface area contributed by atoms with E-state index in [1.165, 1.54) is 6.07 Å². The molecule has 2 aliphatic rings. The van der Waals surface area contributed by atoms with Crippen LogP contribution in [-0.2, 0) is 0 Å². The van der Waals surface area contributed by atoms with Gasteiger partial charge in [-0.3, -0.25) is 0 Å². The molecule has 1 heterocycles. The Kier molecular flexibility index (Phi) is 3.93. The second-order valence-corrected chi connectivity index (χ2v) is 6.63. The van der Waals surface area contributed by atoms with Crippen molar-refractivity contribution in [3.05, 3.63) is 29.6 Å². The Morgan fingerprint density at radius 3 is 2.86 bits per heavy atom. The maximum absolute atomic E-state index is 14.3. The molecular formula is C17H24FNO2. The third kappa shape index (κ3) is 2.79. The van der Waals surface area contributed by atoms with Crippen molar-refractivity contribution in [3.63, 3.8) is 0 Å². The molecule has 3 rings (SSSR count). The topological polar surface area (TPSA) is 43.7 Å². The molecule has 1 aliphatic heterocycles. The normalized spacial score (nSPS) is 30.9. The summed E-state index contributed by atoms with van der Waals surface area (Å²) in [5.41, 5.74) is 0.652. The van der Waals surface area contributed by atoms with Crippen LogP contribution < -0.4 is 4.90 Å². The molecule has 3 nitrogen and oxygen atoms in total. The summed E-state index contributed by atoms with van der Waals surface area (Å²) in [4.78, 5) is 2.05. The van der Waals surface area contributed by atoms with Gasteiger partial charge in [0.05, 0.1) is 17.4 Å². The molecule has 0 bridgehead atoms. The number of piperidine rings is 1. The quantitative estimate of drug-likeness (QED) is 0.881. The van der Waals surface area contributed by atoms with Crippen molar-refractivity contribution < 1.29 is 14.6 Å². The zero-order valence-corrected chi connectivity index (χ0v) is 12.6. The van der Waals surface area contributed by atoms with Crippen molar-refractivity contribution in [1.29, 1.82) is 0 Å². The lowest BCUT2D eigenvalue weighted by Gasteiger charge is -2.48. The van der Waals surface area contributed by atoms with Crippen LogP contribution in [0.25, 0.3) is 0 Å². The fourth-order valence-electron chi connectivity index (χ4n) is 3.83. The molecular weight excluding hydrogens is 269 g/mol. The Hall–Kier alpha value is -1.13. The molecule has 1 saturated heterocycles. The van der Waals surface area contributed by atoms with Crippen molar-refractivity contribution >= 4 is 5.69 Å². The Bertz CT molecular complexity index is 520. The molecule has 2 fully saturated rings. The van der Waals surface area contributed by atoms with Gasteiger partial charge < -0.3 is 15.1 Å². The molecule has 1 aromatic rings. The van der Waals surface area contributed by atoms with E-state index in [1.54, 1.807) is 19.1 Å². The zero-order chi connectivity index (χ0) is 15.0. The molecule has 2 unspecified atom stereocenters. The molecule has 1 aromatic carbocycles. The molecule has 116 valence electrons. The maximum atomic E-state index is 14.3. The van der Waals surface area contributed by atoms with Crippen molar-refractivity contribution in [1.82, 2.24) is 0 Å². The number of aliphatic hydroxyl groups is 2. The van der Waals surface area contributed by atoms with Crippen LogP contribution in [0.2, 0.25) is 0 Å². The Balaban J connectivity index is 1.79. The number of anilines is 1. The van der Waals surface area contributed by atoms with E-state index in [9.17, 15) is 14.6 Å². The molecule has 1 aliphatic carbocycles. The molecule has 1 saturated carbocycles. The molecule has 4 heteroatoms. The highest BCUT2D eigenvalue weighted by Gasteiger charge is 2.43. The summed E-state index contributed by atoms with van der Waals surface area (Å²) in [6.45, 7) is 3.05. The maximum Gasteiger partial charge on any atom is 0.146 e. The van der Waals surface area contributed by atoms with Crippen LogP contribution in [0.5, 0.6) is 0 Å². The molecule has 0 aromatic heterocycles. The standard InChI is InChI=1S/C17H24FNO2/c1-12(20)13-5-6-16(15(18)10-13)19-9-8-17(21)7-3-2-4-14(17)11-19/h5-6,10,12,14,20-21H,2-4,7-9,11H2,1H3/t12-,14?,17?/m0/s1. The van der Waals surface area contributed by atoms with Crippen LogP contribution in [0.4, 0.5) is 10.1 Å². The summed E-state index contributed by atoms with van der Waals surface area (Å²) in [7, 11) is 0. The van der Waals surface area contributed by atoms with E-state index in [4.69, 9.17) is 0 Å². The summed E-state index contributed by atoms with van der Waals surface area (Å²) in [6, 6.07) is 4.96. The van der Waals surface area contributed by atoms with Gasteiger partial charge in [0.2, 0.25) is 0 Å². The first-order chi connectivity index (χ1) is 9.99. The number of fused-ring (bicyclic) bond motifs is 1. The summed E-state index contributed by atoms with van der Waals surface area (Å²) in [5, 5.41) is 20.2. The Labute approximate surface area is 125 Å². The number of benzene rings is 1. The largest absolute Gasteiger partial charge is 0.389 e. The minimum absolute atomic E-state index is 0.246. The summed E-state index contributed by atoms with van der Waals surface area (Å²) in [6.07, 6.45) is 4.23. The molecule has 2 N–H and O–H groups in total. The van der Waals surface area contributed by atoms with Crippen LogP contribution in [0.15, 0.2) is 18.2 Å². The monoisotopic (exact) mass is 293 g/mol. The lowest BCUT2D eigenvalue weighted by Crippen LogP contribution is -2.53. The third-order valence-electron chi connectivity index (χ3n) is 5.22. The van der Waals surface area contributed by atoms with Gasteiger partial charge in [0.25, 0.3) is 0 Å². The number of hydrogen-bond acceptors (Lipinski definition) is 3. The highest BCUT2D eigenvalue weighted by atomic mass is 19.1. The van der Waals surface area contributed by atoms with Crippen molar-refractivity contribution in [2.75, 3.05) is 18.0 Å². The minimum atomic E-state index is -0.654. The van der Waals surface area contributed by atoms with Gasteiger partial charge >= 0.3 is 0 Å². The molecule has 0 radical (unpaired) electrons. The van der Waals surface area contributed by atoms with Crippen LogP contribution >= 0.6 is 0 Å². The number of halogens is 1. The summed E-state index contributed by atoms with van der Waals surface area (Å²) in [5.74, 6) is -0.0366. The van der Waals surface area contributed by atoms with Gasteiger partial charge in [-0.05, 0) is 43.9 Å². The zero-order valence-electron chi connectivity index (χ0n) is 12.6. The van der Waals surface area contributed by atoms with Gasteiger partial charge in [-0.1, -0.05) is 18.9 Å². The number of nitrogens with zero attached hydrogens (tertiary/aromatic N) is 1. The van der Waals surface area contributed by atoms with Crippen molar-refractivity contribution in [2.45, 2.75) is 50.7 Å². The van der Waals surface area contributed by atoms with E-state index in [0.717, 1.165) is 38.6 Å². The van der Waals surface area contributed by atoms with Crippen LogP contribution in [0.3, 0.4) is 0 Å². The van der Waals surface area contributed by atoms with E-state index >= 15 is 0 Å². The second-order valence-electron chi connectivity index (χ2n) is 6.63. The van der Waals surface area contributed by atoms with Gasteiger partial charge in [0, 0.05) is 19.0 Å². The highest BCUT2D eigenvalue weighted by Crippen LogP contribution is 2.41. The van der Waals surface area contributed by atoms with Gasteiger partial charge in [0.1, 0.15) is 5.82 Å². The second kappa shape index (κ2) is 5.58. The van der Waals surface area contributed by atoms with Gasteiger partial charge in [-0.2, -0.15) is 0 Å². The highest BCUT2D eigenvalue weighted by molar-refractivity contribution is 5.50. The average Bonchev–Trinajstić information content (AvgIpc) is 2.46. The smallest absolute Gasteiger partial charge is 0.146 e. The predicted octanol–water partition coefficient (Wildman–Crippen LogP) is 3.01. The van der Waals surface area contributed by atoms with Crippen LogP contribution in [0.1, 0.15) is 50.7 Å². The van der Waals surface area contributed by atoms with Crippen molar-refractivity contribution in [2.24, 2.45) is 5.92 Å². The van der Waals surface area contributed by atoms with Crippen LogP contribution in [0, 0.1) is 11.7 Å². The van der Waals surface area contributed by atoms with Crippen molar-refractivity contribution in [3.8, 4) is 0 Å². The first-order valence-electron chi connectivity index (χ1n) is 7.94. The fourth-order valence-corrected chi connectivity index (χ4v) is 3.83. The van der Waals surface area contributed by atoms with E-state index in [1.807, 2.05) is 4.90 Å². The molecule has 21 heavy (non-hydrogen) atoms. The predicted molar refractivity (Wildman–Crippen MR) is 80.8 cm³/mol. The van der Waals surface area contributed by atoms with E-state index in [2.05, 4.69) is 0 Å². The first kappa shape index (κ1) is 14.8. The molecule has 0 spiro atoms. The first-order valence-corrected chi connectivity index (χ1v) is 7.94. The summed E-state index contributed by atoms with van der Waals surface area (Å²) < 4.78 is 14.3. The lowest BCUT2D eigenvalue weighted by molar-refractivity contribution is -0.0613. The third-order valence-corrected chi connectivity index (χ3v) is 5.22. The van der Waals surface area contributed by atoms with E-state index < -0.39 is 11.7 Å². The minimum Gasteiger partial charge on any atom is -0.389 e. The van der Waals surface area contributed by atoms with Gasteiger partial charge in [0.15, 0.2) is 0 Å². The molecule has 0 amide bonds. The van der Waals surface area contributed by atoms with E-state index in [-0.39, 0.29) is 11.7 Å². The van der Waals surface area contributed by atoms with Gasteiger partial charge in [-0.25, -0.2) is 4.39 Å². The van der Waals surface area contributed by atoms with Crippen LogP contribution in [-0.4, -0.2) is 28.9 Å². The number of hydrogen-bond donors (Lipinski definition) is 2. The summed E-state index contributed by atoms with van der Waals surface area (Å²) >= 11 is 0. The fraction of sp³-hybridized carbons (Fsp3) is 0.647. The lowest BCUT2D eigenvalue weighted by atomic mass is 9.71.